The molecular formula is C13H22O3. The zero-order valence-electron chi connectivity index (χ0n) is 10.7. The largest absolute Gasteiger partial charge is 0.387 e. The van der Waals surface area contributed by atoms with Gasteiger partial charge in [0.1, 0.15) is 5.60 Å². The summed E-state index contributed by atoms with van der Waals surface area (Å²) in [6, 6.07) is 0. The highest BCUT2D eigenvalue weighted by molar-refractivity contribution is 5.21. The van der Waals surface area contributed by atoms with Gasteiger partial charge in [-0.2, -0.15) is 0 Å². The summed E-state index contributed by atoms with van der Waals surface area (Å²) in [6.45, 7) is 12.0. The fourth-order valence-corrected chi connectivity index (χ4v) is 3.09. The minimum absolute atomic E-state index is 0.232. The first kappa shape index (κ1) is 12.1. The van der Waals surface area contributed by atoms with Crippen LogP contribution in [-0.2, 0) is 9.47 Å². The zero-order chi connectivity index (χ0) is 12.2. The summed E-state index contributed by atoms with van der Waals surface area (Å²) in [5.41, 5.74) is -1.75. The van der Waals surface area contributed by atoms with Crippen LogP contribution in [0.4, 0.5) is 0 Å². The van der Waals surface area contributed by atoms with Crippen LogP contribution < -0.4 is 0 Å². The summed E-state index contributed by atoms with van der Waals surface area (Å²) < 4.78 is 11.8. The van der Waals surface area contributed by atoms with E-state index in [4.69, 9.17) is 9.47 Å². The van der Waals surface area contributed by atoms with Gasteiger partial charge in [0.05, 0.1) is 12.2 Å². The maximum absolute atomic E-state index is 10.6. The molecule has 0 bridgehead atoms. The average Bonchev–Trinajstić information content (AvgIpc) is 2.60. The fraction of sp³-hybridized carbons (Fsp3) is 0.846. The summed E-state index contributed by atoms with van der Waals surface area (Å²) in [5, 5.41) is 10.6. The van der Waals surface area contributed by atoms with Crippen LogP contribution in [0.15, 0.2) is 12.7 Å². The molecule has 2 rings (SSSR count). The lowest BCUT2D eigenvalue weighted by Crippen LogP contribution is -2.58. The van der Waals surface area contributed by atoms with E-state index in [1.807, 2.05) is 26.8 Å². The quantitative estimate of drug-likeness (QED) is 0.697. The molecule has 1 aliphatic heterocycles. The topological polar surface area (TPSA) is 38.7 Å². The fourth-order valence-electron chi connectivity index (χ4n) is 3.09. The molecule has 3 atom stereocenters. The lowest BCUT2D eigenvalue weighted by molar-refractivity contribution is -0.220. The minimum atomic E-state index is -0.857. The predicted octanol–water partition coefficient (Wildman–Crippen LogP) is 2.25. The maximum Gasteiger partial charge on any atom is 0.163 e. The van der Waals surface area contributed by atoms with Crippen molar-refractivity contribution in [3.05, 3.63) is 12.7 Å². The van der Waals surface area contributed by atoms with Crippen molar-refractivity contribution < 1.29 is 14.6 Å². The third kappa shape index (κ3) is 1.31. The second kappa shape index (κ2) is 3.09. The predicted molar refractivity (Wildman–Crippen MR) is 62.0 cm³/mol. The van der Waals surface area contributed by atoms with Crippen molar-refractivity contribution in [2.75, 3.05) is 6.61 Å². The second-order valence-corrected chi connectivity index (χ2v) is 6.01. The normalized spacial score (nSPS) is 51.1. The Kier molecular flexibility index (Phi) is 2.34. The Morgan fingerprint density at radius 1 is 1.19 bits per heavy atom. The first-order valence-corrected chi connectivity index (χ1v) is 5.88. The molecule has 1 saturated heterocycles. The van der Waals surface area contributed by atoms with E-state index in [-0.39, 0.29) is 5.41 Å². The van der Waals surface area contributed by atoms with Crippen LogP contribution >= 0.6 is 0 Å². The Balaban J connectivity index is 2.46. The monoisotopic (exact) mass is 226 g/mol. The summed E-state index contributed by atoms with van der Waals surface area (Å²) in [6.07, 6.45) is 3.50. The number of ether oxygens (including phenoxy) is 2. The molecule has 0 aromatic carbocycles. The molecule has 1 saturated carbocycles. The van der Waals surface area contributed by atoms with Gasteiger partial charge in [-0.25, -0.2) is 0 Å². The van der Waals surface area contributed by atoms with Crippen molar-refractivity contribution in [2.24, 2.45) is 5.41 Å². The first-order valence-electron chi connectivity index (χ1n) is 5.88. The van der Waals surface area contributed by atoms with E-state index >= 15 is 0 Å². The Labute approximate surface area is 97.4 Å². The average molecular weight is 226 g/mol. The standard InChI is InChI=1S/C13H22O3/c1-6-11(4)7-8-12(5,14)13(11)9-15-10(2,3)16-13/h6,14H,1,7-9H2,2-5H3. The third-order valence-electron chi connectivity index (χ3n) is 4.42. The molecule has 3 unspecified atom stereocenters. The molecule has 0 aromatic heterocycles. The van der Waals surface area contributed by atoms with Crippen LogP contribution in [0, 0.1) is 5.41 Å². The number of rotatable bonds is 1. The maximum atomic E-state index is 10.6. The first-order chi connectivity index (χ1) is 7.18. The van der Waals surface area contributed by atoms with E-state index in [9.17, 15) is 5.11 Å². The number of aliphatic hydroxyl groups is 1. The molecule has 1 N–H and O–H groups in total. The van der Waals surface area contributed by atoms with Crippen LogP contribution in [0.5, 0.6) is 0 Å². The van der Waals surface area contributed by atoms with Gasteiger partial charge in [-0.05, 0) is 33.6 Å². The Hall–Kier alpha value is -0.380. The molecule has 1 heterocycles. The van der Waals surface area contributed by atoms with E-state index in [2.05, 4.69) is 13.5 Å². The van der Waals surface area contributed by atoms with Crippen LogP contribution in [0.3, 0.4) is 0 Å². The van der Waals surface area contributed by atoms with Gasteiger partial charge < -0.3 is 14.6 Å². The van der Waals surface area contributed by atoms with Crippen molar-refractivity contribution in [3.63, 3.8) is 0 Å². The van der Waals surface area contributed by atoms with Crippen LogP contribution in [0.1, 0.15) is 40.5 Å². The zero-order valence-corrected chi connectivity index (χ0v) is 10.7. The molecule has 3 heteroatoms. The van der Waals surface area contributed by atoms with E-state index in [1.165, 1.54) is 0 Å². The molecule has 1 aliphatic carbocycles. The molecule has 2 aliphatic rings. The van der Waals surface area contributed by atoms with Gasteiger partial charge in [-0.1, -0.05) is 13.0 Å². The van der Waals surface area contributed by atoms with Crippen molar-refractivity contribution in [2.45, 2.75) is 57.5 Å². The van der Waals surface area contributed by atoms with E-state index in [0.717, 1.165) is 12.8 Å². The highest BCUT2D eigenvalue weighted by Gasteiger charge is 2.68. The Morgan fingerprint density at radius 2 is 1.81 bits per heavy atom. The molecule has 1 spiro atoms. The smallest absolute Gasteiger partial charge is 0.163 e. The summed E-state index contributed by atoms with van der Waals surface area (Å²) >= 11 is 0. The van der Waals surface area contributed by atoms with E-state index < -0.39 is 17.0 Å². The van der Waals surface area contributed by atoms with Gasteiger partial charge in [-0.15, -0.1) is 6.58 Å². The molecule has 3 nitrogen and oxygen atoms in total. The van der Waals surface area contributed by atoms with Crippen LogP contribution in [0.25, 0.3) is 0 Å². The minimum Gasteiger partial charge on any atom is -0.387 e. The van der Waals surface area contributed by atoms with Crippen molar-refractivity contribution in [3.8, 4) is 0 Å². The van der Waals surface area contributed by atoms with Gasteiger partial charge >= 0.3 is 0 Å². The van der Waals surface area contributed by atoms with Gasteiger partial charge in [-0.3, -0.25) is 0 Å². The molecular weight excluding hydrogens is 204 g/mol. The SMILES string of the molecule is C=CC1(C)CCC(C)(O)C12COC(C)(C)O2. The molecule has 0 aromatic rings. The molecule has 92 valence electrons. The summed E-state index contributed by atoms with van der Waals surface area (Å²) in [4.78, 5) is 0. The van der Waals surface area contributed by atoms with Gasteiger partial charge in [0, 0.05) is 5.41 Å². The summed E-state index contributed by atoms with van der Waals surface area (Å²) in [5.74, 6) is -0.626. The van der Waals surface area contributed by atoms with Crippen molar-refractivity contribution >= 4 is 0 Å². The summed E-state index contributed by atoms with van der Waals surface area (Å²) in [7, 11) is 0. The lowest BCUT2D eigenvalue weighted by atomic mass is 9.72. The van der Waals surface area contributed by atoms with Gasteiger partial charge in [0.25, 0.3) is 0 Å². The molecule has 16 heavy (non-hydrogen) atoms. The molecule has 0 radical (unpaired) electrons. The highest BCUT2D eigenvalue weighted by Crippen LogP contribution is 2.58. The van der Waals surface area contributed by atoms with Crippen LogP contribution in [-0.4, -0.2) is 28.7 Å². The second-order valence-electron chi connectivity index (χ2n) is 6.01. The highest BCUT2D eigenvalue weighted by atomic mass is 16.8. The van der Waals surface area contributed by atoms with E-state index in [1.54, 1.807) is 0 Å². The Morgan fingerprint density at radius 3 is 2.25 bits per heavy atom. The molecule has 0 amide bonds. The number of hydrogen-bond donors (Lipinski definition) is 1. The van der Waals surface area contributed by atoms with Gasteiger partial charge in [0.2, 0.25) is 0 Å². The Bertz CT molecular complexity index is 321. The lowest BCUT2D eigenvalue weighted by Gasteiger charge is -2.44. The number of hydrogen-bond acceptors (Lipinski definition) is 3. The van der Waals surface area contributed by atoms with Crippen molar-refractivity contribution in [1.29, 1.82) is 0 Å². The third-order valence-corrected chi connectivity index (χ3v) is 4.42. The molecule has 2 fully saturated rings. The van der Waals surface area contributed by atoms with Gasteiger partial charge in [0.15, 0.2) is 5.79 Å². The van der Waals surface area contributed by atoms with E-state index in [0.29, 0.717) is 6.61 Å². The van der Waals surface area contributed by atoms with Crippen LogP contribution in [0.2, 0.25) is 0 Å². The van der Waals surface area contributed by atoms with Crippen molar-refractivity contribution in [1.82, 2.24) is 0 Å².